The Kier molecular flexibility index (Phi) is 4.49. The standard InChI is InChI=1S/C15H12N2O4/c16-10-12-5-6-13(9-14(12)17(19)20)21-15-4-2-1-3-11(15)7-8-18/h1-6,9,18H,7-8H2. The number of hydrogen-bond acceptors (Lipinski definition) is 5. The Labute approximate surface area is 121 Å². The van der Waals surface area contributed by atoms with E-state index in [4.69, 9.17) is 15.1 Å². The van der Waals surface area contributed by atoms with Crippen molar-refractivity contribution in [2.75, 3.05) is 6.61 Å². The van der Waals surface area contributed by atoms with Crippen LogP contribution in [-0.2, 0) is 6.42 Å². The first-order valence-electron chi connectivity index (χ1n) is 6.21. The Hall–Kier alpha value is -2.91. The van der Waals surface area contributed by atoms with E-state index in [2.05, 4.69) is 0 Å². The van der Waals surface area contributed by atoms with Crippen LogP contribution in [-0.4, -0.2) is 16.6 Å². The highest BCUT2D eigenvalue weighted by Gasteiger charge is 2.15. The molecule has 6 nitrogen and oxygen atoms in total. The van der Waals surface area contributed by atoms with E-state index in [1.54, 1.807) is 18.2 Å². The zero-order valence-electron chi connectivity index (χ0n) is 11.0. The lowest BCUT2D eigenvalue weighted by Crippen LogP contribution is -1.97. The number of nitrogens with zero attached hydrogens (tertiary/aromatic N) is 2. The lowest BCUT2D eigenvalue weighted by molar-refractivity contribution is -0.385. The number of para-hydroxylation sites is 1. The number of rotatable bonds is 5. The second-order valence-electron chi connectivity index (χ2n) is 4.23. The third-order valence-corrected chi connectivity index (χ3v) is 2.87. The van der Waals surface area contributed by atoms with Gasteiger partial charge in [-0.05, 0) is 30.2 Å². The molecule has 0 radical (unpaired) electrons. The van der Waals surface area contributed by atoms with Gasteiger partial charge < -0.3 is 9.84 Å². The van der Waals surface area contributed by atoms with E-state index >= 15 is 0 Å². The zero-order valence-corrected chi connectivity index (χ0v) is 11.0. The Morgan fingerprint density at radius 3 is 2.71 bits per heavy atom. The summed E-state index contributed by atoms with van der Waals surface area (Å²) in [6.07, 6.45) is 0.425. The van der Waals surface area contributed by atoms with Crippen molar-refractivity contribution < 1.29 is 14.8 Å². The van der Waals surface area contributed by atoms with Gasteiger partial charge in [-0.3, -0.25) is 10.1 Å². The topological polar surface area (TPSA) is 96.4 Å². The molecule has 0 heterocycles. The molecule has 2 aromatic rings. The summed E-state index contributed by atoms with van der Waals surface area (Å²) < 4.78 is 5.63. The smallest absolute Gasteiger partial charge is 0.290 e. The highest BCUT2D eigenvalue weighted by molar-refractivity contribution is 5.53. The molecule has 0 aliphatic heterocycles. The largest absolute Gasteiger partial charge is 0.457 e. The van der Waals surface area contributed by atoms with Crippen molar-refractivity contribution in [1.29, 1.82) is 5.26 Å². The maximum Gasteiger partial charge on any atom is 0.290 e. The first kappa shape index (κ1) is 14.5. The number of nitro groups is 1. The molecule has 0 bridgehead atoms. The zero-order chi connectivity index (χ0) is 15.2. The molecule has 0 spiro atoms. The number of aliphatic hydroxyl groups is 1. The van der Waals surface area contributed by atoms with Gasteiger partial charge in [0.2, 0.25) is 0 Å². The van der Waals surface area contributed by atoms with Crippen LogP contribution in [0.5, 0.6) is 11.5 Å². The molecule has 6 heteroatoms. The van der Waals surface area contributed by atoms with Crippen molar-refractivity contribution in [2.45, 2.75) is 6.42 Å². The lowest BCUT2D eigenvalue weighted by Gasteiger charge is -2.10. The summed E-state index contributed by atoms with van der Waals surface area (Å²) in [6.45, 7) is -0.0199. The predicted octanol–water partition coefficient (Wildman–Crippen LogP) is 2.79. The van der Waals surface area contributed by atoms with Gasteiger partial charge in [0.25, 0.3) is 5.69 Å². The molecule has 1 N–H and O–H groups in total. The van der Waals surface area contributed by atoms with E-state index in [1.807, 2.05) is 12.1 Å². The molecule has 0 saturated carbocycles. The van der Waals surface area contributed by atoms with Gasteiger partial charge in [-0.2, -0.15) is 5.26 Å². The van der Waals surface area contributed by atoms with Crippen molar-refractivity contribution >= 4 is 5.69 Å². The molecule has 0 fully saturated rings. The van der Waals surface area contributed by atoms with Gasteiger partial charge in [0.15, 0.2) is 0 Å². The minimum absolute atomic E-state index is 0.0176. The summed E-state index contributed by atoms with van der Waals surface area (Å²) in [7, 11) is 0. The molecular weight excluding hydrogens is 272 g/mol. The summed E-state index contributed by atoms with van der Waals surface area (Å²) in [5, 5.41) is 28.8. The van der Waals surface area contributed by atoms with Crippen LogP contribution in [0.3, 0.4) is 0 Å². The maximum absolute atomic E-state index is 10.9. The fourth-order valence-corrected chi connectivity index (χ4v) is 1.88. The minimum Gasteiger partial charge on any atom is -0.457 e. The predicted molar refractivity (Wildman–Crippen MR) is 75.1 cm³/mol. The van der Waals surface area contributed by atoms with Gasteiger partial charge in [0.05, 0.1) is 11.0 Å². The SMILES string of the molecule is N#Cc1ccc(Oc2ccccc2CCO)cc1[N+](=O)[O-]. The fraction of sp³-hybridized carbons (Fsp3) is 0.133. The molecule has 0 aliphatic rings. The summed E-state index contributed by atoms with van der Waals surface area (Å²) >= 11 is 0. The van der Waals surface area contributed by atoms with Crippen LogP contribution in [0.4, 0.5) is 5.69 Å². The van der Waals surface area contributed by atoms with Crippen LogP contribution in [0.2, 0.25) is 0 Å². The molecule has 21 heavy (non-hydrogen) atoms. The van der Waals surface area contributed by atoms with Crippen molar-refractivity contribution in [1.82, 2.24) is 0 Å². The molecule has 0 amide bonds. The number of nitro benzene ring substituents is 1. The Balaban J connectivity index is 2.35. The van der Waals surface area contributed by atoms with Crippen molar-refractivity contribution in [2.24, 2.45) is 0 Å². The summed E-state index contributed by atoms with van der Waals surface area (Å²) in [5.41, 5.74) is 0.484. The van der Waals surface area contributed by atoms with Crippen molar-refractivity contribution in [3.63, 3.8) is 0 Å². The fourth-order valence-electron chi connectivity index (χ4n) is 1.88. The van der Waals surface area contributed by atoms with E-state index in [0.717, 1.165) is 5.56 Å². The van der Waals surface area contributed by atoms with E-state index in [0.29, 0.717) is 12.2 Å². The number of ether oxygens (including phenoxy) is 1. The summed E-state index contributed by atoms with van der Waals surface area (Å²) in [4.78, 5) is 10.3. The van der Waals surface area contributed by atoms with Crippen molar-refractivity contribution in [3.8, 4) is 17.6 Å². The van der Waals surface area contributed by atoms with Gasteiger partial charge >= 0.3 is 0 Å². The van der Waals surface area contributed by atoms with Crippen LogP contribution in [0.1, 0.15) is 11.1 Å². The average molecular weight is 284 g/mol. The highest BCUT2D eigenvalue weighted by atomic mass is 16.6. The second kappa shape index (κ2) is 6.50. The number of benzene rings is 2. The molecule has 0 atom stereocenters. The summed E-state index contributed by atoms with van der Waals surface area (Å²) in [6, 6.07) is 13.0. The quantitative estimate of drug-likeness (QED) is 0.672. The highest BCUT2D eigenvalue weighted by Crippen LogP contribution is 2.30. The van der Waals surface area contributed by atoms with Crippen LogP contribution < -0.4 is 4.74 Å². The molecule has 2 rings (SSSR count). The van der Waals surface area contributed by atoms with Crippen LogP contribution in [0.25, 0.3) is 0 Å². The normalized spacial score (nSPS) is 9.90. The monoisotopic (exact) mass is 284 g/mol. The molecule has 2 aromatic carbocycles. The van der Waals surface area contributed by atoms with Crippen LogP contribution >= 0.6 is 0 Å². The summed E-state index contributed by atoms with van der Waals surface area (Å²) in [5.74, 6) is 0.789. The molecular formula is C15H12N2O4. The van der Waals surface area contributed by atoms with E-state index < -0.39 is 4.92 Å². The third kappa shape index (κ3) is 3.35. The molecule has 0 unspecified atom stereocenters. The Bertz CT molecular complexity index is 707. The van der Waals surface area contributed by atoms with Crippen LogP contribution in [0, 0.1) is 21.4 Å². The van der Waals surface area contributed by atoms with Gasteiger partial charge in [0.1, 0.15) is 23.1 Å². The first-order valence-corrected chi connectivity index (χ1v) is 6.21. The minimum atomic E-state index is -0.620. The van der Waals surface area contributed by atoms with Gasteiger partial charge in [-0.1, -0.05) is 18.2 Å². The van der Waals surface area contributed by atoms with E-state index in [-0.39, 0.29) is 23.6 Å². The lowest BCUT2D eigenvalue weighted by atomic mass is 10.1. The van der Waals surface area contributed by atoms with E-state index in [9.17, 15) is 10.1 Å². The maximum atomic E-state index is 10.9. The van der Waals surface area contributed by atoms with Gasteiger partial charge in [0, 0.05) is 6.61 Å². The number of aliphatic hydroxyl groups excluding tert-OH is 1. The number of hydrogen-bond donors (Lipinski definition) is 1. The third-order valence-electron chi connectivity index (χ3n) is 2.87. The molecule has 0 aromatic heterocycles. The number of nitriles is 1. The molecule has 0 saturated heterocycles. The van der Waals surface area contributed by atoms with Gasteiger partial charge in [-0.25, -0.2) is 0 Å². The Morgan fingerprint density at radius 1 is 1.29 bits per heavy atom. The van der Waals surface area contributed by atoms with Gasteiger partial charge in [-0.15, -0.1) is 0 Å². The van der Waals surface area contributed by atoms with Crippen molar-refractivity contribution in [3.05, 3.63) is 63.7 Å². The second-order valence-corrected chi connectivity index (χ2v) is 4.23. The molecule has 0 aliphatic carbocycles. The van der Waals surface area contributed by atoms with Crippen LogP contribution in [0.15, 0.2) is 42.5 Å². The molecule has 106 valence electrons. The van der Waals surface area contributed by atoms with E-state index in [1.165, 1.54) is 18.2 Å². The average Bonchev–Trinajstić information content (AvgIpc) is 2.49. The first-order chi connectivity index (χ1) is 10.2. The Morgan fingerprint density at radius 2 is 2.05 bits per heavy atom.